The minimum atomic E-state index is -4.60. The minimum absolute atomic E-state index is 0.0907. The first kappa shape index (κ1) is 45.0. The van der Waals surface area contributed by atoms with E-state index in [0.717, 1.165) is 34.0 Å². The fraction of sp³-hybridized carbons (Fsp3) is 0.514. The number of hydrogen-bond donors (Lipinski definition) is 2. The third kappa shape index (κ3) is 12.4. The number of aliphatic carboxylic acids is 1. The van der Waals surface area contributed by atoms with Gasteiger partial charge in [0, 0.05) is 11.6 Å². The van der Waals surface area contributed by atoms with Gasteiger partial charge in [-0.3, -0.25) is 13.9 Å². The van der Waals surface area contributed by atoms with Crippen molar-refractivity contribution in [1.82, 2.24) is 14.6 Å². The van der Waals surface area contributed by atoms with E-state index in [1.807, 2.05) is 0 Å². The average molecular weight is 839 g/mol. The highest BCUT2D eigenvalue weighted by Gasteiger charge is 2.50. The van der Waals surface area contributed by atoms with Crippen molar-refractivity contribution >= 4 is 60.4 Å². The molecule has 0 aliphatic carbocycles. The molecule has 1 fully saturated rings. The number of nitrogens with one attached hydrogen (secondary N) is 1. The van der Waals surface area contributed by atoms with E-state index >= 15 is 4.39 Å². The van der Waals surface area contributed by atoms with Crippen molar-refractivity contribution in [3.05, 3.63) is 65.2 Å². The molecule has 1 aliphatic heterocycles. The van der Waals surface area contributed by atoms with E-state index in [-0.39, 0.29) is 5.75 Å². The molecule has 20 heteroatoms. The van der Waals surface area contributed by atoms with E-state index in [2.05, 4.69) is 10.1 Å². The lowest BCUT2D eigenvalue weighted by atomic mass is 10.1. The summed E-state index contributed by atoms with van der Waals surface area (Å²) in [5, 5.41) is 10.6. The molecule has 2 aromatic carbocycles. The lowest BCUT2D eigenvalue weighted by Crippen LogP contribution is -2.45. The van der Waals surface area contributed by atoms with Gasteiger partial charge in [0.05, 0.1) is 11.9 Å². The molecule has 17 nitrogen and oxygen atoms in total. The van der Waals surface area contributed by atoms with Crippen LogP contribution < -0.4 is 20.2 Å². The van der Waals surface area contributed by atoms with Gasteiger partial charge in [-0.1, -0.05) is 36.4 Å². The van der Waals surface area contributed by atoms with Crippen molar-refractivity contribution in [1.29, 1.82) is 0 Å². The van der Waals surface area contributed by atoms with Crippen LogP contribution in [0.4, 0.5) is 24.6 Å². The molecule has 4 rings (SSSR count). The summed E-state index contributed by atoms with van der Waals surface area (Å²) in [6.07, 6.45) is -6.40. The Morgan fingerprint density at radius 3 is 2.07 bits per heavy atom. The van der Waals surface area contributed by atoms with Crippen LogP contribution in [0.25, 0.3) is 10.8 Å². The number of alkyl halides is 1. The minimum Gasteiger partial charge on any atom is -0.480 e. The van der Waals surface area contributed by atoms with Crippen LogP contribution in [0.3, 0.4) is 0 Å². The number of thioether (sulfide) groups is 1. The number of aromatic nitrogens is 2. The highest BCUT2D eigenvalue weighted by molar-refractivity contribution is 8.00. The second-order valence-electron chi connectivity index (χ2n) is 15.9. The van der Waals surface area contributed by atoms with Crippen LogP contribution in [0.2, 0.25) is 0 Å². The number of carbonyl (C=O) groups is 4. The van der Waals surface area contributed by atoms with E-state index in [9.17, 15) is 33.6 Å². The van der Waals surface area contributed by atoms with Crippen molar-refractivity contribution in [2.45, 2.75) is 115 Å². The molecule has 1 saturated heterocycles. The van der Waals surface area contributed by atoms with Gasteiger partial charge in [-0.25, -0.2) is 28.1 Å². The van der Waals surface area contributed by atoms with E-state index in [1.165, 1.54) is 13.0 Å². The molecule has 6 atom stereocenters. The van der Waals surface area contributed by atoms with Gasteiger partial charge in [-0.15, -0.1) is 11.8 Å². The zero-order valence-electron chi connectivity index (χ0n) is 33.2. The molecule has 2 N–H and O–H groups in total. The first-order valence-corrected chi connectivity index (χ1v) is 20.2. The molecule has 0 saturated carbocycles. The summed E-state index contributed by atoms with van der Waals surface area (Å²) in [5.41, 5.74) is -4.27. The number of imide groups is 1. The predicted octanol–water partition coefficient (Wildman–Crippen LogP) is 7.61. The lowest BCUT2D eigenvalue weighted by molar-refractivity contribution is -0.138. The van der Waals surface area contributed by atoms with Gasteiger partial charge >= 0.3 is 37.7 Å². The Hall–Kier alpha value is -4.71. The number of hydrogen-bond acceptors (Lipinski definition) is 14. The van der Waals surface area contributed by atoms with Crippen LogP contribution >= 0.6 is 19.5 Å². The number of rotatable bonds is 11. The fourth-order valence-corrected chi connectivity index (χ4v) is 8.24. The molecule has 0 spiro atoms. The van der Waals surface area contributed by atoms with Crippen molar-refractivity contribution in [3.8, 4) is 5.75 Å². The van der Waals surface area contributed by atoms with Crippen LogP contribution in [0, 0.1) is 0 Å². The van der Waals surface area contributed by atoms with Crippen molar-refractivity contribution < 1.29 is 61.2 Å². The van der Waals surface area contributed by atoms with Crippen molar-refractivity contribution in [3.63, 3.8) is 0 Å². The summed E-state index contributed by atoms with van der Waals surface area (Å²) in [6, 6.07) is 11.6. The number of anilines is 1. The monoisotopic (exact) mass is 838 g/mol. The van der Waals surface area contributed by atoms with Crippen LogP contribution in [0.1, 0.15) is 74.6 Å². The SMILES string of the molecule is CC(NP(=O)(OC[C@H]1S[C@@H](n2ccc(N(C(=O)OC(C)(C)C)C(=O)OC(C)(C)C)nc2=O)[C@@H](F)[C@@H]1OC(=O)OC(C)(C)C)Oc1cccc2ccccc12)C(=O)O. The molecule has 0 radical (unpaired) electrons. The van der Waals surface area contributed by atoms with E-state index in [0.29, 0.717) is 10.3 Å². The first-order valence-electron chi connectivity index (χ1n) is 17.7. The maximum atomic E-state index is 16.6. The second kappa shape index (κ2) is 17.4. The quantitative estimate of drug-likeness (QED) is 0.108. The summed E-state index contributed by atoms with van der Waals surface area (Å²) in [5.74, 6) is -1.77. The predicted molar refractivity (Wildman–Crippen MR) is 208 cm³/mol. The van der Waals surface area contributed by atoms with Gasteiger partial charge in [0.1, 0.15) is 34.0 Å². The molecule has 1 aliphatic rings. The normalized spacial score (nSPS) is 20.2. The Kier molecular flexibility index (Phi) is 13.8. The zero-order chi connectivity index (χ0) is 42.7. The Morgan fingerprint density at radius 1 is 0.930 bits per heavy atom. The molecule has 0 bridgehead atoms. The molecule has 3 aromatic rings. The smallest absolute Gasteiger partial charge is 0.480 e. The summed E-state index contributed by atoms with van der Waals surface area (Å²) in [4.78, 5) is 68.9. The topological polar surface area (TPSA) is 211 Å². The molecule has 2 heterocycles. The Bertz CT molecular complexity index is 2050. The molecular weight excluding hydrogens is 790 g/mol. The number of carbonyl (C=O) groups excluding carboxylic acids is 3. The summed E-state index contributed by atoms with van der Waals surface area (Å²) in [7, 11) is -4.60. The first-order chi connectivity index (χ1) is 26.3. The fourth-order valence-electron chi connectivity index (χ4n) is 5.14. The number of ether oxygens (including phenoxy) is 4. The number of carboxylic acid groups (broad SMARTS) is 1. The van der Waals surface area contributed by atoms with Crippen LogP contribution in [-0.4, -0.2) is 85.9 Å². The second-order valence-corrected chi connectivity index (χ2v) is 18.9. The molecule has 2 unspecified atom stereocenters. The van der Waals surface area contributed by atoms with Gasteiger partial charge < -0.3 is 28.6 Å². The van der Waals surface area contributed by atoms with Gasteiger partial charge in [0.2, 0.25) is 0 Å². The molecule has 1 aromatic heterocycles. The van der Waals surface area contributed by atoms with Crippen LogP contribution in [-0.2, 0) is 32.8 Å². The summed E-state index contributed by atoms with van der Waals surface area (Å²) < 4.78 is 64.7. The van der Waals surface area contributed by atoms with Crippen molar-refractivity contribution in [2.75, 3.05) is 11.5 Å². The molecular formula is C37H48FN4O13PS. The number of carboxylic acids is 1. The Labute approximate surface area is 333 Å². The molecule has 57 heavy (non-hydrogen) atoms. The Balaban J connectivity index is 1.69. The van der Waals surface area contributed by atoms with Crippen LogP contribution in [0.5, 0.6) is 5.75 Å². The standard InChI is InChI=1S/C37H48FN4O13PS/c1-21(30(43)44)40-56(49,55-24-17-13-15-22-14-11-12-16-23(22)24)50-20-25-28(51-34(48)54-37(8,9)10)27(38)29(57-25)41-19-18-26(39-31(41)45)42(32(46)52-35(2,3)4)33(47)53-36(5,6)7/h11-19,21,25,27-29H,20H2,1-10H3,(H,40,49)(H,43,44)/t21?,25-,27+,28-,29-,56?/m1/s1. The largest absolute Gasteiger partial charge is 0.509 e. The number of fused-ring (bicyclic) bond motifs is 1. The third-order valence-electron chi connectivity index (χ3n) is 7.46. The zero-order valence-corrected chi connectivity index (χ0v) is 34.9. The number of nitrogens with zero attached hydrogens (tertiary/aromatic N) is 3. The Morgan fingerprint density at radius 2 is 1.51 bits per heavy atom. The lowest BCUT2D eigenvalue weighted by Gasteiger charge is -2.28. The van der Waals surface area contributed by atoms with Crippen LogP contribution in [0.15, 0.2) is 59.5 Å². The number of halogens is 1. The average Bonchev–Trinajstić information content (AvgIpc) is 3.35. The molecule has 312 valence electrons. The van der Waals surface area contributed by atoms with E-state index in [1.54, 1.807) is 98.7 Å². The molecule has 2 amide bonds. The van der Waals surface area contributed by atoms with E-state index in [4.69, 9.17) is 28.0 Å². The summed E-state index contributed by atoms with van der Waals surface area (Å²) >= 11 is 0.744. The maximum Gasteiger partial charge on any atom is 0.509 e. The van der Waals surface area contributed by atoms with Crippen molar-refractivity contribution in [2.24, 2.45) is 0 Å². The van der Waals surface area contributed by atoms with Gasteiger partial charge in [-0.05, 0) is 86.8 Å². The number of amides is 2. The van der Waals surface area contributed by atoms with Gasteiger partial charge in [0.15, 0.2) is 18.1 Å². The van der Waals surface area contributed by atoms with E-state index < -0.39 is 95.9 Å². The highest BCUT2D eigenvalue weighted by atomic mass is 32.2. The highest BCUT2D eigenvalue weighted by Crippen LogP contribution is 2.50. The maximum absolute atomic E-state index is 16.6. The third-order valence-corrected chi connectivity index (χ3v) is 10.6. The number of benzene rings is 2. The van der Waals surface area contributed by atoms with Gasteiger partial charge in [-0.2, -0.15) is 15.0 Å². The van der Waals surface area contributed by atoms with Gasteiger partial charge in [0.25, 0.3) is 0 Å². The summed E-state index contributed by atoms with van der Waals surface area (Å²) in [6.45, 7) is 14.6.